The topological polar surface area (TPSA) is 34.1 Å². The fourth-order valence-electron chi connectivity index (χ4n) is 3.10. The summed E-state index contributed by atoms with van der Waals surface area (Å²) in [5, 5.41) is 6.12. The molecule has 0 bridgehead atoms. The largest absolute Gasteiger partial charge is 0.378 e. The zero-order valence-electron chi connectivity index (χ0n) is 12.0. The Labute approximate surface area is 120 Å². The van der Waals surface area contributed by atoms with Gasteiger partial charge in [-0.1, -0.05) is 25.1 Å². The summed E-state index contributed by atoms with van der Waals surface area (Å²) in [6, 6.07) is 8.92. The van der Waals surface area contributed by atoms with Gasteiger partial charge in [0.2, 0.25) is 0 Å². The first kappa shape index (κ1) is 13.5. The third kappa shape index (κ3) is 2.84. The number of hydrogen-bond donors (Lipinski definition) is 1. The fraction of sp³-hybridized carbons (Fsp3) is 0.471. The Morgan fingerprint density at radius 2 is 2.35 bits per heavy atom. The van der Waals surface area contributed by atoms with Gasteiger partial charge in [-0.25, -0.2) is 0 Å². The monoisotopic (exact) mass is 270 g/mol. The molecule has 3 rings (SSSR count). The van der Waals surface area contributed by atoms with E-state index in [1.807, 2.05) is 12.4 Å². The van der Waals surface area contributed by atoms with Gasteiger partial charge >= 0.3 is 0 Å². The van der Waals surface area contributed by atoms with Crippen molar-refractivity contribution in [1.82, 2.24) is 10.3 Å². The molecule has 106 valence electrons. The van der Waals surface area contributed by atoms with E-state index in [9.17, 15) is 0 Å². The first-order valence-corrected chi connectivity index (χ1v) is 7.56. The van der Waals surface area contributed by atoms with Gasteiger partial charge in [0, 0.05) is 30.4 Å². The van der Waals surface area contributed by atoms with Crippen LogP contribution in [0.5, 0.6) is 0 Å². The maximum absolute atomic E-state index is 5.81. The molecule has 20 heavy (non-hydrogen) atoms. The first-order valence-electron chi connectivity index (χ1n) is 7.56. The number of hydrogen-bond acceptors (Lipinski definition) is 3. The molecule has 1 saturated heterocycles. The molecule has 1 aliphatic heterocycles. The van der Waals surface area contributed by atoms with Crippen molar-refractivity contribution >= 4 is 10.8 Å². The second-order valence-electron chi connectivity index (χ2n) is 5.43. The number of rotatable bonds is 5. The van der Waals surface area contributed by atoms with Crippen molar-refractivity contribution in [3.63, 3.8) is 0 Å². The minimum absolute atomic E-state index is 0.344. The van der Waals surface area contributed by atoms with Crippen LogP contribution in [0.4, 0.5) is 0 Å². The molecule has 3 heteroatoms. The van der Waals surface area contributed by atoms with E-state index >= 15 is 0 Å². The molecule has 1 aromatic heterocycles. The maximum Gasteiger partial charge on any atom is 0.0594 e. The van der Waals surface area contributed by atoms with Crippen LogP contribution in [0.15, 0.2) is 36.7 Å². The van der Waals surface area contributed by atoms with Crippen molar-refractivity contribution in [2.24, 2.45) is 0 Å². The molecule has 0 saturated carbocycles. The summed E-state index contributed by atoms with van der Waals surface area (Å²) >= 11 is 0. The van der Waals surface area contributed by atoms with Gasteiger partial charge in [-0.2, -0.15) is 0 Å². The SMILES string of the molecule is CCNC(CC1CCCO1)c1cccc2ccncc12. The summed E-state index contributed by atoms with van der Waals surface area (Å²) in [5.41, 5.74) is 1.34. The molecular formula is C17H22N2O. The van der Waals surface area contributed by atoms with Gasteiger partial charge < -0.3 is 10.1 Å². The Morgan fingerprint density at radius 1 is 1.40 bits per heavy atom. The second kappa shape index (κ2) is 6.33. The van der Waals surface area contributed by atoms with E-state index in [0.717, 1.165) is 19.6 Å². The quantitative estimate of drug-likeness (QED) is 0.903. The Morgan fingerprint density at radius 3 is 3.15 bits per heavy atom. The van der Waals surface area contributed by atoms with Crippen LogP contribution >= 0.6 is 0 Å². The molecular weight excluding hydrogens is 248 g/mol. The second-order valence-corrected chi connectivity index (χ2v) is 5.43. The average Bonchev–Trinajstić information content (AvgIpc) is 2.99. The molecule has 2 aromatic rings. The van der Waals surface area contributed by atoms with E-state index in [0.29, 0.717) is 12.1 Å². The predicted molar refractivity (Wildman–Crippen MR) is 81.8 cm³/mol. The molecule has 0 radical (unpaired) electrons. The van der Waals surface area contributed by atoms with Crippen molar-refractivity contribution in [1.29, 1.82) is 0 Å². The van der Waals surface area contributed by atoms with Crippen LogP contribution in [-0.4, -0.2) is 24.2 Å². The summed E-state index contributed by atoms with van der Waals surface area (Å²) in [7, 11) is 0. The van der Waals surface area contributed by atoms with Gasteiger partial charge in [0.05, 0.1) is 6.10 Å². The lowest BCUT2D eigenvalue weighted by atomic mass is 9.95. The number of nitrogens with zero attached hydrogens (tertiary/aromatic N) is 1. The third-order valence-electron chi connectivity index (χ3n) is 4.07. The van der Waals surface area contributed by atoms with Gasteiger partial charge in [0.25, 0.3) is 0 Å². The molecule has 0 aliphatic carbocycles. The van der Waals surface area contributed by atoms with Crippen LogP contribution in [0.3, 0.4) is 0 Å². The number of fused-ring (bicyclic) bond motifs is 1. The number of benzene rings is 1. The number of ether oxygens (including phenoxy) is 1. The lowest BCUT2D eigenvalue weighted by Gasteiger charge is -2.23. The van der Waals surface area contributed by atoms with Gasteiger partial charge in [-0.05, 0) is 42.8 Å². The van der Waals surface area contributed by atoms with Crippen LogP contribution in [0.1, 0.15) is 37.8 Å². The molecule has 2 atom stereocenters. The molecule has 2 unspecified atom stereocenters. The van der Waals surface area contributed by atoms with Gasteiger partial charge in [0.1, 0.15) is 0 Å². The lowest BCUT2D eigenvalue weighted by Crippen LogP contribution is -2.25. The van der Waals surface area contributed by atoms with Crippen LogP contribution in [0.25, 0.3) is 10.8 Å². The Balaban J connectivity index is 1.91. The van der Waals surface area contributed by atoms with E-state index in [4.69, 9.17) is 4.74 Å². The summed E-state index contributed by atoms with van der Waals surface area (Å²) < 4.78 is 5.81. The third-order valence-corrected chi connectivity index (χ3v) is 4.07. The smallest absolute Gasteiger partial charge is 0.0594 e. The van der Waals surface area contributed by atoms with Crippen molar-refractivity contribution in [2.75, 3.05) is 13.2 Å². The van der Waals surface area contributed by atoms with E-state index < -0.39 is 0 Å². The summed E-state index contributed by atoms with van der Waals surface area (Å²) in [4.78, 5) is 4.29. The zero-order chi connectivity index (χ0) is 13.8. The summed E-state index contributed by atoms with van der Waals surface area (Å²) in [6.45, 7) is 4.04. The van der Waals surface area contributed by atoms with E-state index in [1.165, 1.54) is 29.2 Å². The Kier molecular flexibility index (Phi) is 4.28. The fourth-order valence-corrected chi connectivity index (χ4v) is 3.10. The average molecular weight is 270 g/mol. The van der Waals surface area contributed by atoms with Crippen LogP contribution in [0.2, 0.25) is 0 Å². The molecule has 0 amide bonds. The highest BCUT2D eigenvalue weighted by Gasteiger charge is 2.22. The van der Waals surface area contributed by atoms with E-state index in [1.54, 1.807) is 0 Å². The van der Waals surface area contributed by atoms with Gasteiger partial charge in [0.15, 0.2) is 0 Å². The zero-order valence-corrected chi connectivity index (χ0v) is 12.0. The van der Waals surface area contributed by atoms with E-state index in [-0.39, 0.29) is 0 Å². The number of pyridine rings is 1. The highest BCUT2D eigenvalue weighted by Crippen LogP contribution is 2.29. The molecule has 0 spiro atoms. The summed E-state index contributed by atoms with van der Waals surface area (Å²) in [5.74, 6) is 0. The van der Waals surface area contributed by atoms with Crippen molar-refractivity contribution in [2.45, 2.75) is 38.3 Å². The van der Waals surface area contributed by atoms with Crippen LogP contribution < -0.4 is 5.32 Å². The summed E-state index contributed by atoms with van der Waals surface area (Å²) in [6.07, 6.45) is 7.65. The molecule has 1 aliphatic rings. The lowest BCUT2D eigenvalue weighted by molar-refractivity contribution is 0.0949. The predicted octanol–water partition coefficient (Wildman–Crippen LogP) is 3.45. The van der Waals surface area contributed by atoms with Crippen LogP contribution in [-0.2, 0) is 4.74 Å². The minimum Gasteiger partial charge on any atom is -0.378 e. The Bertz CT molecular complexity index is 558. The standard InChI is InChI=1S/C17H22N2O/c1-2-19-17(11-14-6-4-10-20-14)15-7-3-5-13-8-9-18-12-16(13)15/h3,5,7-9,12,14,17,19H,2,4,6,10-11H2,1H3. The highest BCUT2D eigenvalue weighted by atomic mass is 16.5. The molecule has 2 heterocycles. The van der Waals surface area contributed by atoms with Crippen LogP contribution in [0, 0.1) is 0 Å². The molecule has 1 N–H and O–H groups in total. The number of aromatic nitrogens is 1. The van der Waals surface area contributed by atoms with Crippen molar-refractivity contribution in [3.05, 3.63) is 42.2 Å². The molecule has 3 nitrogen and oxygen atoms in total. The molecule has 1 aromatic carbocycles. The van der Waals surface area contributed by atoms with Gasteiger partial charge in [-0.3, -0.25) is 4.98 Å². The normalized spacial score (nSPS) is 20.4. The minimum atomic E-state index is 0.344. The molecule has 1 fully saturated rings. The van der Waals surface area contributed by atoms with E-state index in [2.05, 4.69) is 41.5 Å². The van der Waals surface area contributed by atoms with Crippen molar-refractivity contribution in [3.8, 4) is 0 Å². The first-order chi connectivity index (χ1) is 9.88. The highest BCUT2D eigenvalue weighted by molar-refractivity contribution is 5.85. The van der Waals surface area contributed by atoms with Gasteiger partial charge in [-0.15, -0.1) is 0 Å². The maximum atomic E-state index is 5.81. The van der Waals surface area contributed by atoms with Crippen molar-refractivity contribution < 1.29 is 4.74 Å². The number of nitrogens with one attached hydrogen (secondary N) is 1. The Hall–Kier alpha value is -1.45.